The molecule has 1 saturated heterocycles. The quantitative estimate of drug-likeness (QED) is 0.693. The van der Waals surface area contributed by atoms with Crippen molar-refractivity contribution in [1.82, 2.24) is 4.90 Å². The monoisotopic (exact) mass is 226 g/mol. The Morgan fingerprint density at radius 3 is 2.53 bits per heavy atom. The van der Waals surface area contributed by atoms with Gasteiger partial charge in [0.25, 0.3) is 0 Å². The normalized spacial score (nSPS) is 17.7. The van der Waals surface area contributed by atoms with Gasteiger partial charge in [-0.05, 0) is 13.0 Å². The second kappa shape index (κ2) is 4.80. The summed E-state index contributed by atoms with van der Waals surface area (Å²) in [7, 11) is 0. The van der Waals surface area contributed by atoms with E-state index < -0.39 is 12.1 Å². The number of nitrogens with zero attached hydrogens (tertiary/aromatic N) is 1. The molecular weight excluding hydrogens is 213 g/mol. The van der Waals surface area contributed by atoms with Crippen LogP contribution >= 0.6 is 0 Å². The van der Waals surface area contributed by atoms with Crippen molar-refractivity contribution < 1.29 is 22.7 Å². The molecule has 2 N–H and O–H groups in total. The van der Waals surface area contributed by atoms with Gasteiger partial charge in [0, 0.05) is 19.7 Å². The molecule has 1 rings (SSSR count). The lowest BCUT2D eigenvalue weighted by molar-refractivity contribution is -0.196. The number of nitrogens with two attached hydrogens (primary N) is 1. The molecule has 0 unspecified atom stereocenters. The standard InChI is InChI=1S/C8H13F3N2O2/c9-8(10,11)7(14)13-4-6(5-13)15-3-1-2-12/h6H,1-5,12H2. The van der Waals surface area contributed by atoms with Crippen LogP contribution in [0.15, 0.2) is 0 Å². The zero-order valence-electron chi connectivity index (χ0n) is 8.09. The number of ether oxygens (including phenoxy) is 1. The molecule has 0 saturated carbocycles. The third-order valence-corrected chi connectivity index (χ3v) is 2.08. The van der Waals surface area contributed by atoms with Crippen molar-refractivity contribution in [3.05, 3.63) is 0 Å². The molecule has 1 aliphatic rings. The van der Waals surface area contributed by atoms with Crippen LogP contribution in [0.4, 0.5) is 13.2 Å². The summed E-state index contributed by atoms with van der Waals surface area (Å²) in [6.45, 7) is 0.943. The van der Waals surface area contributed by atoms with Crippen molar-refractivity contribution in [1.29, 1.82) is 0 Å². The zero-order chi connectivity index (χ0) is 11.5. The number of carbonyl (C=O) groups is 1. The lowest BCUT2D eigenvalue weighted by Crippen LogP contribution is -2.58. The van der Waals surface area contributed by atoms with E-state index in [1.807, 2.05) is 0 Å². The van der Waals surface area contributed by atoms with Gasteiger partial charge in [-0.1, -0.05) is 0 Å². The summed E-state index contributed by atoms with van der Waals surface area (Å²) in [6.07, 6.45) is -4.38. The largest absolute Gasteiger partial charge is 0.471 e. The first kappa shape index (κ1) is 12.3. The highest BCUT2D eigenvalue weighted by atomic mass is 19.4. The maximum absolute atomic E-state index is 11.9. The second-order valence-electron chi connectivity index (χ2n) is 3.34. The van der Waals surface area contributed by atoms with Crippen LogP contribution in [0.3, 0.4) is 0 Å². The van der Waals surface area contributed by atoms with Crippen molar-refractivity contribution in [2.45, 2.75) is 18.7 Å². The maximum Gasteiger partial charge on any atom is 0.471 e. The Kier molecular flexibility index (Phi) is 3.92. The summed E-state index contributed by atoms with van der Waals surface area (Å²) in [5.74, 6) is -1.79. The molecule has 4 nitrogen and oxygen atoms in total. The number of rotatable bonds is 4. The fourth-order valence-electron chi connectivity index (χ4n) is 1.22. The van der Waals surface area contributed by atoms with Crippen LogP contribution < -0.4 is 5.73 Å². The predicted octanol–water partition coefficient (Wildman–Crippen LogP) is 0.125. The maximum atomic E-state index is 11.9. The molecule has 0 radical (unpaired) electrons. The summed E-state index contributed by atoms with van der Waals surface area (Å²) in [4.78, 5) is 11.4. The van der Waals surface area contributed by atoms with Crippen LogP contribution in [0.2, 0.25) is 0 Å². The Labute approximate surface area is 85.2 Å². The SMILES string of the molecule is NCCCOC1CN(C(=O)C(F)(F)F)C1. The van der Waals surface area contributed by atoms with Crippen LogP contribution in [0.25, 0.3) is 0 Å². The molecule has 0 aromatic rings. The number of alkyl halides is 3. The van der Waals surface area contributed by atoms with Gasteiger partial charge in [-0.3, -0.25) is 4.79 Å². The van der Waals surface area contributed by atoms with E-state index in [1.54, 1.807) is 0 Å². The van der Waals surface area contributed by atoms with Crippen LogP contribution in [-0.4, -0.2) is 49.3 Å². The van der Waals surface area contributed by atoms with Gasteiger partial charge in [0.05, 0.1) is 6.10 Å². The van der Waals surface area contributed by atoms with Gasteiger partial charge < -0.3 is 15.4 Å². The third-order valence-electron chi connectivity index (χ3n) is 2.08. The molecular formula is C8H13F3N2O2. The minimum atomic E-state index is -4.78. The first-order valence-electron chi connectivity index (χ1n) is 4.63. The number of halogens is 3. The Hall–Kier alpha value is -0.820. The molecule has 0 atom stereocenters. The third kappa shape index (κ3) is 3.35. The number of amides is 1. The molecule has 88 valence electrons. The van der Waals surface area contributed by atoms with Gasteiger partial charge in [-0.15, -0.1) is 0 Å². The first-order valence-corrected chi connectivity index (χ1v) is 4.63. The van der Waals surface area contributed by atoms with E-state index in [4.69, 9.17) is 10.5 Å². The Balaban J connectivity index is 2.17. The summed E-state index contributed by atoms with van der Waals surface area (Å²) in [5.41, 5.74) is 5.21. The van der Waals surface area contributed by atoms with Gasteiger partial charge in [0.2, 0.25) is 0 Å². The van der Waals surface area contributed by atoms with Crippen molar-refractivity contribution in [2.24, 2.45) is 5.73 Å². The summed E-state index contributed by atoms with van der Waals surface area (Å²) in [5, 5.41) is 0. The highest BCUT2D eigenvalue weighted by molar-refractivity contribution is 5.82. The van der Waals surface area contributed by atoms with Crippen LogP contribution in [0.5, 0.6) is 0 Å². The average molecular weight is 226 g/mol. The van der Waals surface area contributed by atoms with E-state index in [-0.39, 0.29) is 19.2 Å². The first-order chi connectivity index (χ1) is 6.95. The van der Waals surface area contributed by atoms with Crippen molar-refractivity contribution in [3.8, 4) is 0 Å². The molecule has 7 heteroatoms. The highest BCUT2D eigenvalue weighted by Crippen LogP contribution is 2.23. The Morgan fingerprint density at radius 2 is 2.07 bits per heavy atom. The van der Waals surface area contributed by atoms with Crippen molar-refractivity contribution in [2.75, 3.05) is 26.2 Å². The van der Waals surface area contributed by atoms with E-state index >= 15 is 0 Å². The van der Waals surface area contributed by atoms with Crippen molar-refractivity contribution >= 4 is 5.91 Å². The predicted molar refractivity (Wildman–Crippen MR) is 46.0 cm³/mol. The zero-order valence-corrected chi connectivity index (χ0v) is 8.09. The lowest BCUT2D eigenvalue weighted by Gasteiger charge is -2.39. The summed E-state index contributed by atoms with van der Waals surface area (Å²) < 4.78 is 40.9. The minimum absolute atomic E-state index is 0.0168. The summed E-state index contributed by atoms with van der Waals surface area (Å²) in [6, 6.07) is 0. The molecule has 1 aliphatic heterocycles. The molecule has 0 spiro atoms. The van der Waals surface area contributed by atoms with Crippen LogP contribution in [-0.2, 0) is 9.53 Å². The highest BCUT2D eigenvalue weighted by Gasteiger charge is 2.46. The lowest BCUT2D eigenvalue weighted by atomic mass is 10.1. The molecule has 0 aromatic carbocycles. The van der Waals surface area contributed by atoms with E-state index in [9.17, 15) is 18.0 Å². The summed E-state index contributed by atoms with van der Waals surface area (Å²) >= 11 is 0. The molecule has 1 heterocycles. The topological polar surface area (TPSA) is 55.6 Å². The molecule has 1 amide bonds. The fraction of sp³-hybridized carbons (Fsp3) is 0.875. The number of carbonyl (C=O) groups excluding carboxylic acids is 1. The van der Waals surface area contributed by atoms with Crippen LogP contribution in [0.1, 0.15) is 6.42 Å². The molecule has 1 fully saturated rings. The number of hydrogen-bond donors (Lipinski definition) is 1. The second-order valence-corrected chi connectivity index (χ2v) is 3.34. The van der Waals surface area contributed by atoms with Gasteiger partial charge >= 0.3 is 12.1 Å². The minimum Gasteiger partial charge on any atom is -0.374 e. The molecule has 0 bridgehead atoms. The van der Waals surface area contributed by atoms with E-state index in [1.165, 1.54) is 0 Å². The fourth-order valence-corrected chi connectivity index (χ4v) is 1.22. The van der Waals surface area contributed by atoms with E-state index in [0.29, 0.717) is 19.6 Å². The van der Waals surface area contributed by atoms with E-state index in [2.05, 4.69) is 0 Å². The molecule has 0 aliphatic carbocycles. The van der Waals surface area contributed by atoms with Gasteiger partial charge in [0.15, 0.2) is 0 Å². The van der Waals surface area contributed by atoms with Gasteiger partial charge in [-0.25, -0.2) is 0 Å². The smallest absolute Gasteiger partial charge is 0.374 e. The number of likely N-dealkylation sites (tertiary alicyclic amines) is 1. The van der Waals surface area contributed by atoms with Crippen molar-refractivity contribution in [3.63, 3.8) is 0 Å². The van der Waals surface area contributed by atoms with Crippen LogP contribution in [0, 0.1) is 0 Å². The average Bonchev–Trinajstić information content (AvgIpc) is 2.06. The molecule has 0 aromatic heterocycles. The van der Waals surface area contributed by atoms with Gasteiger partial charge in [-0.2, -0.15) is 13.2 Å². The van der Waals surface area contributed by atoms with E-state index in [0.717, 1.165) is 4.90 Å². The number of hydrogen-bond acceptors (Lipinski definition) is 3. The Bertz CT molecular complexity index is 226. The molecule has 15 heavy (non-hydrogen) atoms. The Morgan fingerprint density at radius 1 is 1.47 bits per heavy atom. The van der Waals surface area contributed by atoms with Gasteiger partial charge in [0.1, 0.15) is 0 Å².